The molecule has 0 saturated heterocycles. The van der Waals surface area contributed by atoms with Crippen LogP contribution in [0, 0.1) is 11.3 Å². The highest BCUT2D eigenvalue weighted by Crippen LogP contribution is 2.44. The summed E-state index contributed by atoms with van der Waals surface area (Å²) in [6.45, 7) is 10.9. The minimum Gasteiger partial charge on any atom is -0.392 e. The third-order valence-corrected chi connectivity index (χ3v) is 9.16. The number of hydrogen-bond donors (Lipinski definition) is 0. The lowest BCUT2D eigenvalue weighted by Gasteiger charge is -2.43. The topological polar surface area (TPSA) is 33.0 Å². The van der Waals surface area contributed by atoms with Gasteiger partial charge in [-0.1, -0.05) is 81.4 Å². The van der Waals surface area contributed by atoms with Gasteiger partial charge >= 0.3 is 0 Å². The predicted octanol–water partition coefficient (Wildman–Crippen LogP) is 5.48. The SMILES string of the molecule is CC(C)(C)[Si](C)(C)OC(C#N)(c1ccccc1)c1ccccc1. The van der Waals surface area contributed by atoms with Crippen LogP contribution in [0.4, 0.5) is 0 Å². The summed E-state index contributed by atoms with van der Waals surface area (Å²) in [6.07, 6.45) is 0. The van der Waals surface area contributed by atoms with Crippen LogP contribution in [0.1, 0.15) is 31.9 Å². The summed E-state index contributed by atoms with van der Waals surface area (Å²) in [7, 11) is -2.15. The van der Waals surface area contributed by atoms with Crippen LogP contribution in [-0.2, 0) is 10.0 Å². The minimum absolute atomic E-state index is 0.0264. The van der Waals surface area contributed by atoms with E-state index in [9.17, 15) is 5.26 Å². The Morgan fingerprint density at radius 2 is 1.22 bits per heavy atom. The summed E-state index contributed by atoms with van der Waals surface area (Å²) in [5.41, 5.74) is 0.711. The molecule has 0 aliphatic rings. The third kappa shape index (κ3) is 3.39. The van der Waals surface area contributed by atoms with Gasteiger partial charge in [-0.15, -0.1) is 0 Å². The van der Waals surface area contributed by atoms with E-state index >= 15 is 0 Å². The Hall–Kier alpha value is -1.89. The van der Waals surface area contributed by atoms with Crippen molar-refractivity contribution in [2.45, 2.75) is 44.5 Å². The Balaban J connectivity index is 2.64. The van der Waals surface area contributed by atoms with Crippen LogP contribution in [0.5, 0.6) is 0 Å². The number of benzene rings is 2. The molecule has 0 N–H and O–H groups in total. The van der Waals surface area contributed by atoms with Crippen LogP contribution in [0.2, 0.25) is 18.1 Å². The first-order valence-corrected chi connectivity index (χ1v) is 10.9. The van der Waals surface area contributed by atoms with E-state index < -0.39 is 13.9 Å². The molecule has 2 aromatic rings. The lowest BCUT2D eigenvalue weighted by molar-refractivity contribution is 0.151. The molecule has 2 aromatic carbocycles. The Morgan fingerprint density at radius 1 is 0.826 bits per heavy atom. The van der Waals surface area contributed by atoms with Crippen molar-refractivity contribution in [2.24, 2.45) is 0 Å². The van der Waals surface area contributed by atoms with Crippen molar-refractivity contribution in [3.05, 3.63) is 71.8 Å². The Bertz CT molecular complexity index is 642. The lowest BCUT2D eigenvalue weighted by Crippen LogP contribution is -2.48. The molecule has 3 heteroatoms. The van der Waals surface area contributed by atoms with E-state index in [-0.39, 0.29) is 5.04 Å². The molecule has 0 fully saturated rings. The van der Waals surface area contributed by atoms with Crippen LogP contribution in [0.15, 0.2) is 60.7 Å². The molecule has 0 spiro atoms. The predicted molar refractivity (Wildman–Crippen MR) is 97.6 cm³/mol. The number of nitrogens with zero attached hydrogens (tertiary/aromatic N) is 1. The van der Waals surface area contributed by atoms with Crippen LogP contribution >= 0.6 is 0 Å². The van der Waals surface area contributed by atoms with Gasteiger partial charge in [0.05, 0.1) is 0 Å². The summed E-state index contributed by atoms with van der Waals surface area (Å²) >= 11 is 0. The number of nitriles is 1. The Morgan fingerprint density at radius 3 is 1.52 bits per heavy atom. The largest absolute Gasteiger partial charge is 0.392 e. The fourth-order valence-electron chi connectivity index (χ4n) is 2.32. The maximum Gasteiger partial charge on any atom is 0.196 e. The van der Waals surface area contributed by atoms with Crippen molar-refractivity contribution in [1.82, 2.24) is 0 Å². The first-order chi connectivity index (χ1) is 10.7. The van der Waals surface area contributed by atoms with Gasteiger partial charge in [-0.3, -0.25) is 0 Å². The molecule has 0 heterocycles. The smallest absolute Gasteiger partial charge is 0.196 e. The lowest BCUT2D eigenvalue weighted by atomic mass is 9.88. The maximum atomic E-state index is 10.2. The molecule has 2 rings (SSSR count). The maximum absolute atomic E-state index is 10.2. The molecule has 0 unspecified atom stereocenters. The van der Waals surface area contributed by atoms with Gasteiger partial charge in [0.25, 0.3) is 0 Å². The quantitative estimate of drug-likeness (QED) is 0.698. The summed E-state index contributed by atoms with van der Waals surface area (Å²) in [6, 6.07) is 22.1. The fourth-order valence-corrected chi connectivity index (χ4v) is 3.67. The molecule has 2 nitrogen and oxygen atoms in total. The van der Waals surface area contributed by atoms with Crippen LogP contribution in [0.25, 0.3) is 0 Å². The van der Waals surface area contributed by atoms with Crippen molar-refractivity contribution < 1.29 is 4.43 Å². The van der Waals surface area contributed by atoms with Crippen molar-refractivity contribution in [3.8, 4) is 6.07 Å². The monoisotopic (exact) mass is 323 g/mol. The molecule has 23 heavy (non-hydrogen) atoms. The average Bonchev–Trinajstić information content (AvgIpc) is 2.53. The molecule has 0 atom stereocenters. The van der Waals surface area contributed by atoms with Crippen molar-refractivity contribution >= 4 is 8.32 Å². The average molecular weight is 324 g/mol. The second-order valence-corrected chi connectivity index (χ2v) is 12.1. The summed E-state index contributed by atoms with van der Waals surface area (Å²) in [4.78, 5) is 0. The van der Waals surface area contributed by atoms with Gasteiger partial charge < -0.3 is 4.43 Å². The zero-order valence-electron chi connectivity index (χ0n) is 14.6. The summed E-state index contributed by atoms with van der Waals surface area (Å²) in [5, 5.41) is 10.2. The number of hydrogen-bond acceptors (Lipinski definition) is 2. The van der Waals surface area contributed by atoms with Gasteiger partial charge in [-0.25, -0.2) is 0 Å². The van der Waals surface area contributed by atoms with E-state index in [2.05, 4.69) is 39.9 Å². The van der Waals surface area contributed by atoms with E-state index in [4.69, 9.17) is 4.43 Å². The molecule has 120 valence electrons. The summed E-state index contributed by atoms with van der Waals surface area (Å²) in [5.74, 6) is 0. The highest BCUT2D eigenvalue weighted by atomic mass is 28.4. The van der Waals surface area contributed by atoms with Gasteiger partial charge in [-0.05, 0) is 18.1 Å². The second-order valence-electron chi connectivity index (χ2n) is 7.39. The normalized spacial score (nSPS) is 12.7. The number of rotatable bonds is 4. The molecule has 0 saturated carbocycles. The first-order valence-electron chi connectivity index (χ1n) is 7.95. The molecule has 0 amide bonds. The molecule has 0 bridgehead atoms. The van der Waals surface area contributed by atoms with Gasteiger partial charge in [0, 0.05) is 11.1 Å². The van der Waals surface area contributed by atoms with Gasteiger partial charge in [0.2, 0.25) is 0 Å². The Labute approximate surface area is 140 Å². The molecule has 0 aliphatic heterocycles. The highest BCUT2D eigenvalue weighted by molar-refractivity contribution is 6.74. The van der Waals surface area contributed by atoms with E-state index in [1.807, 2.05) is 60.7 Å². The van der Waals surface area contributed by atoms with E-state index in [0.29, 0.717) is 0 Å². The van der Waals surface area contributed by atoms with Crippen molar-refractivity contribution in [1.29, 1.82) is 5.26 Å². The van der Waals surface area contributed by atoms with E-state index in [0.717, 1.165) is 11.1 Å². The van der Waals surface area contributed by atoms with Gasteiger partial charge in [0.15, 0.2) is 13.9 Å². The fraction of sp³-hybridized carbons (Fsp3) is 0.350. The van der Waals surface area contributed by atoms with Crippen LogP contribution < -0.4 is 0 Å². The molecular weight excluding hydrogens is 298 g/mol. The van der Waals surface area contributed by atoms with Crippen molar-refractivity contribution in [3.63, 3.8) is 0 Å². The first kappa shape index (κ1) is 17.5. The Kier molecular flexibility index (Phi) is 4.79. The second kappa shape index (κ2) is 6.31. The standard InChI is InChI=1S/C20H25NOSi/c1-19(2,3)23(4,5)22-20(16-21,17-12-8-6-9-13-17)18-14-10-7-11-15-18/h6-15H,1-5H3. The molecule has 0 aromatic heterocycles. The van der Waals surface area contributed by atoms with Crippen LogP contribution in [-0.4, -0.2) is 8.32 Å². The zero-order chi connectivity index (χ0) is 17.1. The third-order valence-electron chi connectivity index (χ3n) is 4.73. The zero-order valence-corrected chi connectivity index (χ0v) is 15.6. The molecular formula is C20H25NOSi. The minimum atomic E-state index is -2.15. The van der Waals surface area contributed by atoms with Crippen molar-refractivity contribution in [2.75, 3.05) is 0 Å². The summed E-state index contributed by atoms with van der Waals surface area (Å²) < 4.78 is 6.69. The van der Waals surface area contributed by atoms with E-state index in [1.165, 1.54) is 0 Å². The molecule has 0 aliphatic carbocycles. The van der Waals surface area contributed by atoms with Gasteiger partial charge in [0.1, 0.15) is 6.07 Å². The van der Waals surface area contributed by atoms with Crippen LogP contribution in [0.3, 0.4) is 0 Å². The van der Waals surface area contributed by atoms with Gasteiger partial charge in [-0.2, -0.15) is 5.26 Å². The highest BCUT2D eigenvalue weighted by Gasteiger charge is 2.47. The molecule has 0 radical (unpaired) electrons. The van der Waals surface area contributed by atoms with E-state index in [1.54, 1.807) is 0 Å².